The summed E-state index contributed by atoms with van der Waals surface area (Å²) in [4.78, 5) is 6.96. The molecule has 0 atom stereocenters. The molecule has 0 saturated carbocycles. The van der Waals surface area contributed by atoms with E-state index in [1.54, 1.807) is 0 Å². The predicted molar refractivity (Wildman–Crippen MR) is 93.5 cm³/mol. The van der Waals surface area contributed by atoms with E-state index in [-0.39, 0.29) is 5.41 Å². The number of hydrogen-bond acceptors (Lipinski definition) is 4. The molecule has 3 heterocycles. The largest absolute Gasteiger partial charge is 0.357 e. The normalized spacial score (nSPS) is 15.3. The zero-order chi connectivity index (χ0) is 16.3. The van der Waals surface area contributed by atoms with Crippen LogP contribution in [-0.2, 0) is 18.5 Å². The van der Waals surface area contributed by atoms with E-state index in [0.717, 1.165) is 32.0 Å². The first-order chi connectivity index (χ1) is 11.0. The predicted octanol–water partition coefficient (Wildman–Crippen LogP) is 2.99. The Balaban J connectivity index is 1.54. The van der Waals surface area contributed by atoms with Crippen LogP contribution in [0.1, 0.15) is 50.4 Å². The maximum Gasteiger partial charge on any atom is 0.128 e. The summed E-state index contributed by atoms with van der Waals surface area (Å²) in [7, 11) is 0. The zero-order valence-electron chi connectivity index (χ0n) is 14.4. The van der Waals surface area contributed by atoms with E-state index in [0.29, 0.717) is 0 Å². The Bertz CT molecular complexity index is 618. The summed E-state index contributed by atoms with van der Waals surface area (Å²) in [6, 6.07) is 4.31. The summed E-state index contributed by atoms with van der Waals surface area (Å²) in [5.41, 5.74) is 3.74. The van der Waals surface area contributed by atoms with Crippen molar-refractivity contribution in [2.45, 2.75) is 52.1 Å². The van der Waals surface area contributed by atoms with Gasteiger partial charge in [-0.2, -0.15) is 5.10 Å². The van der Waals surface area contributed by atoms with Gasteiger partial charge in [0, 0.05) is 49.0 Å². The lowest BCUT2D eigenvalue weighted by atomic mass is 9.89. The van der Waals surface area contributed by atoms with Crippen LogP contribution in [0.5, 0.6) is 0 Å². The van der Waals surface area contributed by atoms with Crippen molar-refractivity contribution in [3.8, 4) is 0 Å². The van der Waals surface area contributed by atoms with Crippen molar-refractivity contribution in [1.29, 1.82) is 0 Å². The van der Waals surface area contributed by atoms with E-state index in [4.69, 9.17) is 0 Å². The maximum absolute atomic E-state index is 4.60. The number of aromatic nitrogens is 3. The molecule has 1 saturated heterocycles. The van der Waals surface area contributed by atoms with Gasteiger partial charge in [-0.1, -0.05) is 26.8 Å². The Morgan fingerprint density at radius 3 is 2.57 bits per heavy atom. The molecule has 5 heteroatoms. The van der Waals surface area contributed by atoms with Crippen LogP contribution >= 0.6 is 0 Å². The molecule has 0 unspecified atom stereocenters. The third kappa shape index (κ3) is 3.91. The van der Waals surface area contributed by atoms with Crippen molar-refractivity contribution >= 4 is 5.82 Å². The fraction of sp³-hybridized carbons (Fsp3) is 0.556. The molecule has 0 aromatic carbocycles. The van der Waals surface area contributed by atoms with Gasteiger partial charge in [0.05, 0.1) is 6.20 Å². The highest BCUT2D eigenvalue weighted by Gasteiger charge is 2.19. The molecule has 2 aromatic heterocycles. The molecule has 2 aromatic rings. The highest BCUT2D eigenvalue weighted by Crippen LogP contribution is 2.23. The average Bonchev–Trinajstić information content (AvgIpc) is 3.19. The molecule has 0 bridgehead atoms. The van der Waals surface area contributed by atoms with Gasteiger partial charge in [-0.25, -0.2) is 4.98 Å². The van der Waals surface area contributed by atoms with Crippen molar-refractivity contribution in [1.82, 2.24) is 20.5 Å². The zero-order valence-corrected chi connectivity index (χ0v) is 14.4. The van der Waals surface area contributed by atoms with Gasteiger partial charge >= 0.3 is 0 Å². The van der Waals surface area contributed by atoms with Gasteiger partial charge in [0.1, 0.15) is 5.82 Å². The second kappa shape index (κ2) is 6.71. The van der Waals surface area contributed by atoms with Gasteiger partial charge in [0.25, 0.3) is 0 Å². The van der Waals surface area contributed by atoms with E-state index in [2.05, 4.69) is 58.3 Å². The highest BCUT2D eigenvalue weighted by molar-refractivity contribution is 5.40. The summed E-state index contributed by atoms with van der Waals surface area (Å²) < 4.78 is 0. The van der Waals surface area contributed by atoms with Crippen molar-refractivity contribution < 1.29 is 0 Å². The Morgan fingerprint density at radius 2 is 1.91 bits per heavy atom. The molecule has 23 heavy (non-hydrogen) atoms. The maximum atomic E-state index is 4.60. The van der Waals surface area contributed by atoms with Crippen LogP contribution in [0, 0.1) is 0 Å². The Labute approximate surface area is 138 Å². The van der Waals surface area contributed by atoms with Crippen LogP contribution in [0.25, 0.3) is 0 Å². The first kappa shape index (κ1) is 16.0. The van der Waals surface area contributed by atoms with Crippen LogP contribution < -0.4 is 10.2 Å². The second-order valence-corrected chi connectivity index (χ2v) is 7.34. The summed E-state index contributed by atoms with van der Waals surface area (Å²) in [5.74, 6) is 1.11. The highest BCUT2D eigenvalue weighted by atomic mass is 15.2. The SMILES string of the molecule is CC(C)(C)c1[nH]ncc1CNCc1ccc(N2CCCC2)nc1. The Hall–Kier alpha value is -1.88. The third-order valence-corrected chi connectivity index (χ3v) is 4.35. The van der Waals surface area contributed by atoms with Crippen molar-refractivity contribution in [3.05, 3.63) is 41.3 Å². The molecule has 3 rings (SSSR count). The summed E-state index contributed by atoms with van der Waals surface area (Å²) in [6.45, 7) is 10.5. The molecular weight excluding hydrogens is 286 g/mol. The average molecular weight is 313 g/mol. The van der Waals surface area contributed by atoms with Crippen molar-refractivity contribution in [2.75, 3.05) is 18.0 Å². The number of hydrogen-bond donors (Lipinski definition) is 2. The number of nitrogens with one attached hydrogen (secondary N) is 2. The number of anilines is 1. The van der Waals surface area contributed by atoms with Gasteiger partial charge < -0.3 is 10.2 Å². The molecule has 2 N–H and O–H groups in total. The molecule has 1 fully saturated rings. The summed E-state index contributed by atoms with van der Waals surface area (Å²) in [6.07, 6.45) is 6.47. The first-order valence-electron chi connectivity index (χ1n) is 8.47. The van der Waals surface area contributed by atoms with Crippen LogP contribution in [0.15, 0.2) is 24.5 Å². The molecule has 0 spiro atoms. The minimum Gasteiger partial charge on any atom is -0.357 e. The standard InChI is InChI=1S/C18H27N5/c1-18(2,3)17-15(13-21-22-17)12-19-10-14-6-7-16(20-11-14)23-8-4-5-9-23/h6-7,11,13,19H,4-5,8-10,12H2,1-3H3,(H,21,22). The second-order valence-electron chi connectivity index (χ2n) is 7.34. The fourth-order valence-electron chi connectivity index (χ4n) is 3.09. The molecule has 124 valence electrons. The molecule has 1 aliphatic heterocycles. The van der Waals surface area contributed by atoms with Crippen LogP contribution in [0.4, 0.5) is 5.82 Å². The van der Waals surface area contributed by atoms with Gasteiger partial charge in [-0.3, -0.25) is 5.10 Å². The van der Waals surface area contributed by atoms with E-state index in [1.807, 2.05) is 12.4 Å². The quantitative estimate of drug-likeness (QED) is 0.891. The molecule has 5 nitrogen and oxygen atoms in total. The number of pyridine rings is 1. The Morgan fingerprint density at radius 1 is 1.13 bits per heavy atom. The van der Waals surface area contributed by atoms with Crippen molar-refractivity contribution in [2.24, 2.45) is 0 Å². The minimum atomic E-state index is 0.0897. The lowest BCUT2D eigenvalue weighted by molar-refractivity contribution is 0.553. The molecule has 0 radical (unpaired) electrons. The van der Waals surface area contributed by atoms with Gasteiger partial charge in [0.2, 0.25) is 0 Å². The van der Waals surface area contributed by atoms with Crippen molar-refractivity contribution in [3.63, 3.8) is 0 Å². The minimum absolute atomic E-state index is 0.0897. The first-order valence-corrected chi connectivity index (χ1v) is 8.47. The van der Waals surface area contributed by atoms with Crippen LogP contribution in [-0.4, -0.2) is 28.3 Å². The van der Waals surface area contributed by atoms with E-state index in [9.17, 15) is 0 Å². The number of rotatable bonds is 5. The molecule has 1 aliphatic rings. The topological polar surface area (TPSA) is 56.8 Å². The van der Waals surface area contributed by atoms with Gasteiger partial charge in [-0.15, -0.1) is 0 Å². The molecule has 0 aliphatic carbocycles. The number of nitrogens with zero attached hydrogens (tertiary/aromatic N) is 3. The van der Waals surface area contributed by atoms with Crippen LogP contribution in [0.3, 0.4) is 0 Å². The van der Waals surface area contributed by atoms with Gasteiger partial charge in [0.15, 0.2) is 0 Å². The van der Waals surface area contributed by atoms with Crippen LogP contribution in [0.2, 0.25) is 0 Å². The number of H-pyrrole nitrogens is 1. The molecular formula is C18H27N5. The van der Waals surface area contributed by atoms with E-state index in [1.165, 1.54) is 29.7 Å². The van der Waals surface area contributed by atoms with E-state index < -0.39 is 0 Å². The monoisotopic (exact) mass is 313 g/mol. The van der Waals surface area contributed by atoms with E-state index >= 15 is 0 Å². The Kier molecular flexibility index (Phi) is 4.66. The van der Waals surface area contributed by atoms with Gasteiger partial charge in [-0.05, 0) is 24.5 Å². The number of aromatic amines is 1. The summed E-state index contributed by atoms with van der Waals surface area (Å²) in [5, 5.41) is 10.8. The lowest BCUT2D eigenvalue weighted by Gasteiger charge is -2.18. The molecule has 0 amide bonds. The fourth-order valence-corrected chi connectivity index (χ4v) is 3.09. The summed E-state index contributed by atoms with van der Waals surface area (Å²) >= 11 is 0. The smallest absolute Gasteiger partial charge is 0.128 e. The lowest BCUT2D eigenvalue weighted by Crippen LogP contribution is -2.20. The third-order valence-electron chi connectivity index (χ3n) is 4.35.